The number of amides is 1. The van der Waals surface area contributed by atoms with Crippen molar-refractivity contribution in [3.8, 4) is 0 Å². The van der Waals surface area contributed by atoms with E-state index in [1.165, 1.54) is 7.05 Å². The first-order chi connectivity index (χ1) is 5.68. The number of carbonyl (C=O) groups is 2. The van der Waals surface area contributed by atoms with Crippen LogP contribution in [0.4, 0.5) is 4.79 Å². The summed E-state index contributed by atoms with van der Waals surface area (Å²) in [5, 5.41) is 17.5. The van der Waals surface area contributed by atoms with Gasteiger partial charge in [-0.3, -0.25) is 4.90 Å². The summed E-state index contributed by atoms with van der Waals surface area (Å²) in [7, 11) is 1.26. The summed E-state index contributed by atoms with van der Waals surface area (Å²) in [6.45, 7) is 5.06. The molecule has 0 aromatic rings. The zero-order chi connectivity index (χ0) is 10.8. The molecule has 1 amide bonds. The predicted octanol–water partition coefficient (Wildman–Crippen LogP) is 1.10. The maximum absolute atomic E-state index is 10.8. The number of hydrogen-bond donors (Lipinski definition) is 2. The van der Waals surface area contributed by atoms with E-state index in [0.717, 1.165) is 4.90 Å². The molecule has 1 atom stereocenters. The molecular weight excluding hydrogens is 174 g/mol. The largest absolute Gasteiger partial charge is 0.480 e. The third kappa shape index (κ3) is 2.93. The minimum Gasteiger partial charge on any atom is -0.480 e. The minimum absolute atomic E-state index is 0.612. The fraction of sp³-hybridized carbons (Fsp3) is 0.750. The maximum atomic E-state index is 10.8. The summed E-state index contributed by atoms with van der Waals surface area (Å²) in [4.78, 5) is 22.1. The van der Waals surface area contributed by atoms with Gasteiger partial charge in [0.2, 0.25) is 0 Å². The van der Waals surface area contributed by atoms with Crippen molar-refractivity contribution < 1.29 is 19.8 Å². The monoisotopic (exact) mass is 189 g/mol. The Hall–Kier alpha value is -1.26. The molecule has 0 bridgehead atoms. The van der Waals surface area contributed by atoms with Crippen LogP contribution in [0.1, 0.15) is 20.8 Å². The van der Waals surface area contributed by atoms with E-state index in [9.17, 15) is 9.59 Å². The number of carboxylic acid groups (broad SMARTS) is 2. The van der Waals surface area contributed by atoms with Crippen LogP contribution in [-0.4, -0.2) is 40.3 Å². The Morgan fingerprint density at radius 3 is 1.69 bits per heavy atom. The van der Waals surface area contributed by atoms with Crippen LogP contribution >= 0.6 is 0 Å². The third-order valence-electron chi connectivity index (χ3n) is 1.74. The van der Waals surface area contributed by atoms with E-state index in [1.54, 1.807) is 20.8 Å². The zero-order valence-electron chi connectivity index (χ0n) is 8.24. The van der Waals surface area contributed by atoms with Crippen molar-refractivity contribution in [3.63, 3.8) is 0 Å². The average molecular weight is 189 g/mol. The number of hydrogen-bond acceptors (Lipinski definition) is 2. The van der Waals surface area contributed by atoms with Crippen LogP contribution < -0.4 is 0 Å². The van der Waals surface area contributed by atoms with Gasteiger partial charge in [0.15, 0.2) is 0 Å². The SMILES string of the molecule is CN(C(=O)O)[C@H](C(=O)O)C(C)(C)C. The zero-order valence-corrected chi connectivity index (χ0v) is 8.24. The van der Waals surface area contributed by atoms with Crippen molar-refractivity contribution in [1.82, 2.24) is 4.90 Å². The smallest absolute Gasteiger partial charge is 0.407 e. The van der Waals surface area contributed by atoms with E-state index < -0.39 is 23.5 Å². The maximum Gasteiger partial charge on any atom is 0.407 e. The van der Waals surface area contributed by atoms with E-state index >= 15 is 0 Å². The van der Waals surface area contributed by atoms with E-state index in [0.29, 0.717) is 0 Å². The summed E-state index contributed by atoms with van der Waals surface area (Å²) in [5.41, 5.74) is -0.612. The van der Waals surface area contributed by atoms with Crippen LogP contribution in [0.15, 0.2) is 0 Å². The molecule has 5 heteroatoms. The number of likely N-dealkylation sites (N-methyl/N-ethyl adjacent to an activating group) is 1. The highest BCUT2D eigenvalue weighted by Crippen LogP contribution is 2.23. The van der Waals surface area contributed by atoms with Gasteiger partial charge in [0.1, 0.15) is 6.04 Å². The highest BCUT2D eigenvalue weighted by atomic mass is 16.4. The number of nitrogens with zero attached hydrogens (tertiary/aromatic N) is 1. The van der Waals surface area contributed by atoms with Gasteiger partial charge in [-0.15, -0.1) is 0 Å². The molecule has 0 unspecified atom stereocenters. The average Bonchev–Trinajstić information content (AvgIpc) is 1.82. The fourth-order valence-electron chi connectivity index (χ4n) is 1.23. The number of rotatable bonds is 2. The van der Waals surface area contributed by atoms with Crippen LogP contribution in [0.5, 0.6) is 0 Å². The van der Waals surface area contributed by atoms with Crippen molar-refractivity contribution in [1.29, 1.82) is 0 Å². The molecule has 0 rings (SSSR count). The molecule has 13 heavy (non-hydrogen) atoms. The minimum atomic E-state index is -1.23. The summed E-state index contributed by atoms with van der Waals surface area (Å²) >= 11 is 0. The predicted molar refractivity (Wildman–Crippen MR) is 46.7 cm³/mol. The van der Waals surface area contributed by atoms with Crippen molar-refractivity contribution in [2.45, 2.75) is 26.8 Å². The Labute approximate surface area is 77.0 Å². The summed E-state index contributed by atoms with van der Waals surface area (Å²) in [6, 6.07) is -1.02. The van der Waals surface area contributed by atoms with Gasteiger partial charge in [-0.1, -0.05) is 20.8 Å². The van der Waals surface area contributed by atoms with Crippen molar-refractivity contribution >= 4 is 12.1 Å². The lowest BCUT2D eigenvalue weighted by molar-refractivity contribution is -0.146. The Balaban J connectivity index is 4.83. The molecule has 2 N–H and O–H groups in total. The van der Waals surface area contributed by atoms with Gasteiger partial charge in [-0.25, -0.2) is 9.59 Å². The second kappa shape index (κ2) is 3.64. The van der Waals surface area contributed by atoms with E-state index in [4.69, 9.17) is 10.2 Å². The second-order valence-electron chi connectivity index (χ2n) is 4.00. The molecular formula is C8H15NO4. The van der Waals surface area contributed by atoms with Gasteiger partial charge in [-0.2, -0.15) is 0 Å². The highest BCUT2D eigenvalue weighted by molar-refractivity contribution is 5.79. The van der Waals surface area contributed by atoms with Crippen LogP contribution in [0.25, 0.3) is 0 Å². The fourth-order valence-corrected chi connectivity index (χ4v) is 1.23. The van der Waals surface area contributed by atoms with Crippen LogP contribution in [0.2, 0.25) is 0 Å². The lowest BCUT2D eigenvalue weighted by Crippen LogP contribution is -2.49. The molecule has 0 aliphatic rings. The van der Waals surface area contributed by atoms with Crippen LogP contribution in [0.3, 0.4) is 0 Å². The standard InChI is InChI=1S/C8H15NO4/c1-8(2,3)5(6(10)11)9(4)7(12)13/h5H,1-4H3,(H,10,11)(H,12,13)/t5-/m1/s1. The Morgan fingerprint density at radius 1 is 1.23 bits per heavy atom. The van der Waals surface area contributed by atoms with Crippen molar-refractivity contribution in [3.05, 3.63) is 0 Å². The first-order valence-corrected chi connectivity index (χ1v) is 3.86. The van der Waals surface area contributed by atoms with Gasteiger partial charge in [-0.05, 0) is 5.41 Å². The number of aliphatic carboxylic acids is 1. The van der Waals surface area contributed by atoms with E-state index in [-0.39, 0.29) is 0 Å². The lowest BCUT2D eigenvalue weighted by atomic mass is 9.86. The molecule has 0 fully saturated rings. The van der Waals surface area contributed by atoms with E-state index in [2.05, 4.69) is 0 Å². The Kier molecular flexibility index (Phi) is 3.28. The highest BCUT2D eigenvalue weighted by Gasteiger charge is 2.36. The molecule has 0 spiro atoms. The molecule has 0 saturated carbocycles. The van der Waals surface area contributed by atoms with E-state index in [1.807, 2.05) is 0 Å². The molecule has 0 aromatic carbocycles. The molecule has 5 nitrogen and oxygen atoms in total. The van der Waals surface area contributed by atoms with Crippen molar-refractivity contribution in [2.24, 2.45) is 5.41 Å². The Morgan fingerprint density at radius 2 is 1.62 bits per heavy atom. The summed E-state index contributed by atoms with van der Waals surface area (Å²) in [5.74, 6) is -1.13. The van der Waals surface area contributed by atoms with Gasteiger partial charge in [0, 0.05) is 7.05 Å². The molecule has 0 aliphatic carbocycles. The summed E-state index contributed by atoms with van der Waals surface area (Å²) in [6.07, 6.45) is -1.23. The van der Waals surface area contributed by atoms with Crippen LogP contribution in [0, 0.1) is 5.41 Å². The van der Waals surface area contributed by atoms with Gasteiger partial charge >= 0.3 is 12.1 Å². The number of carboxylic acids is 1. The lowest BCUT2D eigenvalue weighted by Gasteiger charge is -2.32. The summed E-state index contributed by atoms with van der Waals surface area (Å²) < 4.78 is 0. The van der Waals surface area contributed by atoms with Gasteiger partial charge in [0.05, 0.1) is 0 Å². The molecule has 0 saturated heterocycles. The first kappa shape index (κ1) is 11.7. The van der Waals surface area contributed by atoms with Gasteiger partial charge < -0.3 is 10.2 Å². The molecule has 0 aliphatic heterocycles. The Bertz CT molecular complexity index is 219. The third-order valence-corrected chi connectivity index (χ3v) is 1.74. The molecule has 0 radical (unpaired) electrons. The molecule has 76 valence electrons. The normalized spacial score (nSPS) is 13.5. The van der Waals surface area contributed by atoms with Gasteiger partial charge in [0.25, 0.3) is 0 Å². The second-order valence-corrected chi connectivity index (χ2v) is 4.00. The first-order valence-electron chi connectivity index (χ1n) is 3.86. The topological polar surface area (TPSA) is 77.8 Å². The van der Waals surface area contributed by atoms with Crippen LogP contribution in [-0.2, 0) is 4.79 Å². The quantitative estimate of drug-likeness (QED) is 0.681. The molecule has 0 heterocycles. The molecule has 0 aromatic heterocycles. The van der Waals surface area contributed by atoms with Crippen molar-refractivity contribution in [2.75, 3.05) is 7.05 Å².